The minimum atomic E-state index is -3.38. The summed E-state index contributed by atoms with van der Waals surface area (Å²) >= 11 is 4.79. The Morgan fingerprint density at radius 2 is 2.08 bits per heavy atom. The number of hydrogen-bond acceptors (Lipinski definition) is 3. The predicted octanol–water partition coefficient (Wildman–Crippen LogP) is 0.993. The lowest BCUT2D eigenvalue weighted by Crippen LogP contribution is -2.39. The summed E-state index contributed by atoms with van der Waals surface area (Å²) in [7, 11) is 0. The van der Waals surface area contributed by atoms with E-state index >= 15 is 0 Å². The molecular weight excluding hydrogens is 194 g/mol. The van der Waals surface area contributed by atoms with E-state index in [-0.39, 0.29) is 6.61 Å². The standard InChI is InChI=1S/C6H7ClF2O3/c1-2-12-5(11)6(7,9)4(10)3-8/h2-3H2,1H3. The highest BCUT2D eigenvalue weighted by molar-refractivity contribution is 6.44. The molecule has 3 nitrogen and oxygen atoms in total. The number of esters is 1. The Bertz CT molecular complexity index is 193. The molecule has 0 aromatic carbocycles. The third-order valence-electron chi connectivity index (χ3n) is 1.00. The molecule has 0 aliphatic heterocycles. The van der Waals surface area contributed by atoms with Crippen LogP contribution in [0.5, 0.6) is 0 Å². The van der Waals surface area contributed by atoms with E-state index in [2.05, 4.69) is 4.74 Å². The maximum atomic E-state index is 12.8. The molecule has 0 amide bonds. The number of carbonyl (C=O) groups is 2. The van der Waals surface area contributed by atoms with Crippen molar-refractivity contribution in [1.29, 1.82) is 0 Å². The van der Waals surface area contributed by atoms with E-state index in [0.29, 0.717) is 0 Å². The number of rotatable bonds is 4. The molecule has 1 unspecified atom stereocenters. The topological polar surface area (TPSA) is 43.4 Å². The van der Waals surface area contributed by atoms with Gasteiger partial charge in [0.05, 0.1) is 6.61 Å². The molecule has 0 heterocycles. The molecule has 0 fully saturated rings. The van der Waals surface area contributed by atoms with E-state index in [0.717, 1.165) is 0 Å². The second-order valence-electron chi connectivity index (χ2n) is 1.85. The highest BCUT2D eigenvalue weighted by Crippen LogP contribution is 2.20. The van der Waals surface area contributed by atoms with Crippen LogP contribution >= 0.6 is 11.6 Å². The van der Waals surface area contributed by atoms with E-state index < -0.39 is 23.6 Å². The summed E-state index contributed by atoms with van der Waals surface area (Å²) in [6.45, 7) is -0.361. The molecule has 0 rings (SSSR count). The zero-order valence-corrected chi connectivity index (χ0v) is 7.03. The minimum Gasteiger partial charge on any atom is -0.462 e. The van der Waals surface area contributed by atoms with E-state index in [1.165, 1.54) is 6.92 Å². The van der Waals surface area contributed by atoms with Gasteiger partial charge in [-0.05, 0) is 6.92 Å². The zero-order valence-electron chi connectivity index (χ0n) is 6.27. The van der Waals surface area contributed by atoms with Crippen molar-refractivity contribution in [2.24, 2.45) is 0 Å². The molecule has 0 bridgehead atoms. The summed E-state index contributed by atoms with van der Waals surface area (Å²) in [5.74, 6) is -3.23. The molecule has 12 heavy (non-hydrogen) atoms. The van der Waals surface area contributed by atoms with Crippen molar-refractivity contribution in [3.8, 4) is 0 Å². The lowest BCUT2D eigenvalue weighted by atomic mass is 10.2. The van der Waals surface area contributed by atoms with Gasteiger partial charge in [0.2, 0.25) is 5.78 Å². The van der Waals surface area contributed by atoms with Gasteiger partial charge in [-0.25, -0.2) is 13.6 Å². The Morgan fingerprint density at radius 3 is 2.42 bits per heavy atom. The van der Waals surface area contributed by atoms with E-state index in [1.807, 2.05) is 0 Å². The first-order valence-corrected chi connectivity index (χ1v) is 3.48. The molecule has 0 N–H and O–H groups in total. The average Bonchev–Trinajstić information content (AvgIpc) is 2.03. The predicted molar refractivity (Wildman–Crippen MR) is 37.3 cm³/mol. The number of halogens is 3. The van der Waals surface area contributed by atoms with Gasteiger partial charge in [0.25, 0.3) is 0 Å². The number of carbonyl (C=O) groups excluding carboxylic acids is 2. The number of alkyl halides is 3. The first-order valence-electron chi connectivity index (χ1n) is 3.11. The summed E-state index contributed by atoms with van der Waals surface area (Å²) in [6.07, 6.45) is 0. The molecular formula is C6H7ClF2O3. The third-order valence-corrected chi connectivity index (χ3v) is 1.37. The summed E-state index contributed by atoms with van der Waals surface area (Å²) in [5, 5.41) is -3.38. The van der Waals surface area contributed by atoms with Gasteiger partial charge in [-0.15, -0.1) is 0 Å². The normalized spacial score (nSPS) is 15.0. The number of hydrogen-bond donors (Lipinski definition) is 0. The van der Waals surface area contributed by atoms with Gasteiger partial charge in [-0.1, -0.05) is 11.6 Å². The lowest BCUT2D eigenvalue weighted by molar-refractivity contribution is -0.156. The molecule has 0 saturated carbocycles. The van der Waals surface area contributed by atoms with Crippen molar-refractivity contribution >= 4 is 23.4 Å². The fourth-order valence-corrected chi connectivity index (χ4v) is 0.525. The van der Waals surface area contributed by atoms with Crippen LogP contribution in [-0.4, -0.2) is 30.2 Å². The molecule has 0 spiro atoms. The van der Waals surface area contributed by atoms with Crippen molar-refractivity contribution in [3.63, 3.8) is 0 Å². The van der Waals surface area contributed by atoms with Crippen LogP contribution in [0.4, 0.5) is 8.78 Å². The quantitative estimate of drug-likeness (QED) is 0.386. The largest absolute Gasteiger partial charge is 0.462 e. The first-order chi connectivity index (χ1) is 5.46. The second-order valence-corrected chi connectivity index (χ2v) is 2.37. The van der Waals surface area contributed by atoms with E-state index in [9.17, 15) is 18.4 Å². The van der Waals surface area contributed by atoms with Gasteiger partial charge >= 0.3 is 11.1 Å². The molecule has 0 aliphatic rings. The van der Waals surface area contributed by atoms with Crippen molar-refractivity contribution in [2.45, 2.75) is 12.1 Å². The number of Topliss-reactive ketones (excluding diaryl/α,β-unsaturated/α-hetero) is 1. The van der Waals surface area contributed by atoms with Crippen LogP contribution < -0.4 is 0 Å². The lowest BCUT2D eigenvalue weighted by Gasteiger charge is -2.12. The van der Waals surface area contributed by atoms with Crippen molar-refractivity contribution in [1.82, 2.24) is 0 Å². The van der Waals surface area contributed by atoms with Gasteiger partial charge in [0.1, 0.15) is 0 Å². The molecule has 0 saturated heterocycles. The summed E-state index contributed by atoms with van der Waals surface area (Å²) in [4.78, 5) is 20.9. The number of ketones is 1. The van der Waals surface area contributed by atoms with Gasteiger partial charge in [-0.2, -0.15) is 0 Å². The van der Waals surface area contributed by atoms with E-state index in [4.69, 9.17) is 11.6 Å². The van der Waals surface area contributed by atoms with Crippen LogP contribution in [0.3, 0.4) is 0 Å². The Kier molecular flexibility index (Phi) is 4.09. The Morgan fingerprint density at radius 1 is 1.58 bits per heavy atom. The molecule has 1 atom stereocenters. The van der Waals surface area contributed by atoms with Gasteiger partial charge in [-0.3, -0.25) is 4.79 Å². The molecule has 0 aromatic rings. The fraction of sp³-hybridized carbons (Fsp3) is 0.667. The summed E-state index contributed by atoms with van der Waals surface area (Å²) in [5.41, 5.74) is 0. The zero-order chi connectivity index (χ0) is 9.78. The maximum absolute atomic E-state index is 12.8. The van der Waals surface area contributed by atoms with Gasteiger partial charge in [0.15, 0.2) is 6.67 Å². The smallest absolute Gasteiger partial charge is 0.367 e. The van der Waals surface area contributed by atoms with Crippen molar-refractivity contribution < 1.29 is 23.1 Å². The van der Waals surface area contributed by atoms with Gasteiger partial charge < -0.3 is 4.74 Å². The molecule has 0 radical (unpaired) electrons. The van der Waals surface area contributed by atoms with Crippen LogP contribution in [0.1, 0.15) is 6.92 Å². The molecule has 0 aliphatic carbocycles. The van der Waals surface area contributed by atoms with Crippen LogP contribution in [0.2, 0.25) is 0 Å². The Labute approximate surface area is 72.6 Å². The second kappa shape index (κ2) is 4.35. The monoisotopic (exact) mass is 200 g/mol. The molecule has 6 heteroatoms. The first kappa shape index (κ1) is 11.3. The van der Waals surface area contributed by atoms with Crippen LogP contribution in [0, 0.1) is 0 Å². The highest BCUT2D eigenvalue weighted by Gasteiger charge is 2.45. The highest BCUT2D eigenvalue weighted by atomic mass is 35.5. The molecule has 70 valence electrons. The Balaban J connectivity index is 4.38. The minimum absolute atomic E-state index is 0.128. The fourth-order valence-electron chi connectivity index (χ4n) is 0.419. The molecule has 0 aromatic heterocycles. The Hall–Kier alpha value is -0.710. The van der Waals surface area contributed by atoms with Crippen LogP contribution in [0.25, 0.3) is 0 Å². The van der Waals surface area contributed by atoms with E-state index in [1.54, 1.807) is 0 Å². The van der Waals surface area contributed by atoms with Crippen LogP contribution in [-0.2, 0) is 14.3 Å². The average molecular weight is 201 g/mol. The van der Waals surface area contributed by atoms with Crippen molar-refractivity contribution in [3.05, 3.63) is 0 Å². The third kappa shape index (κ3) is 2.41. The summed E-state index contributed by atoms with van der Waals surface area (Å²) in [6, 6.07) is 0. The van der Waals surface area contributed by atoms with Crippen molar-refractivity contribution in [2.75, 3.05) is 13.3 Å². The summed E-state index contributed by atoms with van der Waals surface area (Å²) < 4.78 is 28.5. The maximum Gasteiger partial charge on any atom is 0.367 e. The van der Waals surface area contributed by atoms with Crippen LogP contribution in [0.15, 0.2) is 0 Å². The SMILES string of the molecule is CCOC(=O)C(F)(Cl)C(=O)CF. The number of ether oxygens (including phenoxy) is 1. The van der Waals surface area contributed by atoms with Gasteiger partial charge in [0, 0.05) is 0 Å².